The second kappa shape index (κ2) is 13.7. The summed E-state index contributed by atoms with van der Waals surface area (Å²) >= 11 is 1.89. The molecule has 4 nitrogen and oxygen atoms in total. The molecule has 0 aromatic heterocycles. The number of rotatable bonds is 8. The van der Waals surface area contributed by atoms with Gasteiger partial charge in [-0.1, -0.05) is 30.3 Å². The Morgan fingerprint density at radius 2 is 2.08 bits per heavy atom. The third-order valence-corrected chi connectivity index (χ3v) is 5.40. The van der Waals surface area contributed by atoms with Crippen LogP contribution >= 0.6 is 35.7 Å². The van der Waals surface area contributed by atoms with Gasteiger partial charge in [-0.3, -0.25) is 9.89 Å². The van der Waals surface area contributed by atoms with Crippen molar-refractivity contribution in [2.75, 3.05) is 31.6 Å². The van der Waals surface area contributed by atoms with Crippen LogP contribution in [0.4, 0.5) is 0 Å². The fourth-order valence-electron chi connectivity index (χ4n) is 3.32. The van der Waals surface area contributed by atoms with Crippen molar-refractivity contribution >= 4 is 41.7 Å². The quantitative estimate of drug-likeness (QED) is 0.251. The minimum absolute atomic E-state index is 0. The number of hydrogen-bond acceptors (Lipinski definition) is 3. The van der Waals surface area contributed by atoms with Crippen LogP contribution in [0.3, 0.4) is 0 Å². The number of benzene rings is 1. The van der Waals surface area contributed by atoms with Crippen LogP contribution in [0.25, 0.3) is 0 Å². The van der Waals surface area contributed by atoms with E-state index in [2.05, 4.69) is 66.0 Å². The zero-order chi connectivity index (χ0) is 17.9. The molecule has 148 valence electrons. The van der Waals surface area contributed by atoms with Crippen LogP contribution in [0.2, 0.25) is 0 Å². The molecule has 1 fully saturated rings. The van der Waals surface area contributed by atoms with Crippen molar-refractivity contribution in [2.45, 2.75) is 51.7 Å². The topological polar surface area (TPSA) is 39.7 Å². The van der Waals surface area contributed by atoms with E-state index in [1.165, 1.54) is 24.2 Å². The van der Waals surface area contributed by atoms with E-state index >= 15 is 0 Å². The van der Waals surface area contributed by atoms with E-state index in [4.69, 9.17) is 4.99 Å². The predicted molar refractivity (Wildman–Crippen MR) is 127 cm³/mol. The summed E-state index contributed by atoms with van der Waals surface area (Å²) in [6.07, 6.45) is 5.63. The number of halogens is 1. The van der Waals surface area contributed by atoms with Crippen molar-refractivity contribution in [1.29, 1.82) is 0 Å². The number of likely N-dealkylation sites (tertiary alicyclic amines) is 1. The Bertz CT molecular complexity index is 512. The third-order valence-electron chi connectivity index (χ3n) is 4.70. The summed E-state index contributed by atoms with van der Waals surface area (Å²) in [5.41, 5.74) is 1.41. The molecule has 2 atom stereocenters. The molecule has 1 aliphatic rings. The zero-order valence-corrected chi connectivity index (χ0v) is 19.6. The molecule has 0 bridgehead atoms. The maximum Gasteiger partial charge on any atom is 0.191 e. The molecule has 1 aliphatic heterocycles. The SMILES string of the molecule is CCNC(=NCCCSC)NC1CCN(Cc2ccccc2)C(C)C1.I. The lowest BCUT2D eigenvalue weighted by molar-refractivity contribution is 0.134. The van der Waals surface area contributed by atoms with E-state index in [1.807, 2.05) is 11.8 Å². The molecule has 2 rings (SSSR count). The molecule has 1 aromatic rings. The standard InChI is InChI=1S/C20H34N4S.HI/c1-4-21-20(22-12-8-14-25-3)23-19-11-13-24(17(2)15-19)16-18-9-6-5-7-10-18;/h5-7,9-10,17,19H,4,8,11-16H2,1-3H3,(H2,21,22,23);1H. The van der Waals surface area contributed by atoms with Gasteiger partial charge in [0.15, 0.2) is 5.96 Å². The molecule has 6 heteroatoms. The van der Waals surface area contributed by atoms with Crippen molar-refractivity contribution < 1.29 is 0 Å². The van der Waals surface area contributed by atoms with Gasteiger partial charge in [-0.25, -0.2) is 0 Å². The molecule has 1 saturated heterocycles. The summed E-state index contributed by atoms with van der Waals surface area (Å²) in [4.78, 5) is 7.32. The average Bonchev–Trinajstić information content (AvgIpc) is 2.62. The number of hydrogen-bond donors (Lipinski definition) is 2. The summed E-state index contributed by atoms with van der Waals surface area (Å²) < 4.78 is 0. The molecular formula is C20H35IN4S. The summed E-state index contributed by atoms with van der Waals surface area (Å²) in [6.45, 7) is 8.48. The Labute approximate surface area is 181 Å². The van der Waals surface area contributed by atoms with Crippen LogP contribution in [-0.4, -0.2) is 54.6 Å². The number of nitrogens with zero attached hydrogens (tertiary/aromatic N) is 2. The van der Waals surface area contributed by atoms with Gasteiger partial charge in [0.05, 0.1) is 0 Å². The predicted octanol–water partition coefficient (Wildman–Crippen LogP) is 3.97. The summed E-state index contributed by atoms with van der Waals surface area (Å²) in [5.74, 6) is 2.16. The third kappa shape index (κ3) is 8.48. The first-order valence-electron chi connectivity index (χ1n) is 9.54. The number of aliphatic imine (C=N–C) groups is 1. The molecule has 1 aromatic carbocycles. The van der Waals surface area contributed by atoms with Crippen LogP contribution in [0.15, 0.2) is 35.3 Å². The Morgan fingerprint density at radius 1 is 1.31 bits per heavy atom. The maximum absolute atomic E-state index is 4.72. The highest BCUT2D eigenvalue weighted by Crippen LogP contribution is 2.19. The molecule has 0 aliphatic carbocycles. The van der Waals surface area contributed by atoms with Crippen molar-refractivity contribution in [3.63, 3.8) is 0 Å². The molecule has 26 heavy (non-hydrogen) atoms. The first-order valence-corrected chi connectivity index (χ1v) is 10.9. The molecule has 2 N–H and O–H groups in total. The molecule has 0 saturated carbocycles. The van der Waals surface area contributed by atoms with Gasteiger partial charge in [0, 0.05) is 38.3 Å². The Balaban J connectivity index is 0.00000338. The Hall–Kier alpha value is -0.470. The second-order valence-corrected chi connectivity index (χ2v) is 7.76. The van der Waals surface area contributed by atoms with Gasteiger partial charge >= 0.3 is 0 Å². The normalized spacial score (nSPS) is 21.1. The maximum atomic E-state index is 4.72. The highest BCUT2D eigenvalue weighted by atomic mass is 127. The van der Waals surface area contributed by atoms with Crippen molar-refractivity contribution in [1.82, 2.24) is 15.5 Å². The summed E-state index contributed by atoms with van der Waals surface area (Å²) in [5, 5.41) is 7.05. The lowest BCUT2D eigenvalue weighted by atomic mass is 9.97. The zero-order valence-electron chi connectivity index (χ0n) is 16.4. The summed E-state index contributed by atoms with van der Waals surface area (Å²) in [6, 6.07) is 11.9. The van der Waals surface area contributed by atoms with Gasteiger partial charge in [-0.2, -0.15) is 11.8 Å². The van der Waals surface area contributed by atoms with Crippen molar-refractivity contribution in [3.8, 4) is 0 Å². The van der Waals surface area contributed by atoms with E-state index < -0.39 is 0 Å². The number of thioether (sulfide) groups is 1. The molecule has 0 radical (unpaired) electrons. The first kappa shape index (κ1) is 23.6. The van der Waals surface area contributed by atoms with Gasteiger partial charge in [0.2, 0.25) is 0 Å². The van der Waals surface area contributed by atoms with Crippen LogP contribution in [0, 0.1) is 0 Å². The Kier molecular flexibility index (Phi) is 12.4. The lowest BCUT2D eigenvalue weighted by Gasteiger charge is -2.38. The van der Waals surface area contributed by atoms with Crippen LogP contribution in [-0.2, 0) is 6.54 Å². The first-order chi connectivity index (χ1) is 12.2. The lowest BCUT2D eigenvalue weighted by Crippen LogP contribution is -2.51. The van der Waals surface area contributed by atoms with E-state index in [1.54, 1.807) is 0 Å². The Morgan fingerprint density at radius 3 is 2.73 bits per heavy atom. The van der Waals surface area contributed by atoms with Crippen molar-refractivity contribution in [2.24, 2.45) is 4.99 Å². The average molecular weight is 490 g/mol. The molecule has 1 heterocycles. The minimum Gasteiger partial charge on any atom is -0.357 e. The number of guanidine groups is 1. The van der Waals surface area contributed by atoms with Crippen LogP contribution in [0.1, 0.15) is 38.7 Å². The molecular weight excluding hydrogens is 455 g/mol. The monoisotopic (exact) mass is 490 g/mol. The highest BCUT2D eigenvalue weighted by Gasteiger charge is 2.25. The number of piperidine rings is 1. The largest absolute Gasteiger partial charge is 0.357 e. The second-order valence-electron chi connectivity index (χ2n) is 6.78. The van der Waals surface area contributed by atoms with E-state index in [0.29, 0.717) is 12.1 Å². The fraction of sp³-hybridized carbons (Fsp3) is 0.650. The van der Waals surface area contributed by atoms with Gasteiger partial charge in [0.25, 0.3) is 0 Å². The van der Waals surface area contributed by atoms with E-state index in [0.717, 1.165) is 38.6 Å². The minimum atomic E-state index is 0. The van der Waals surface area contributed by atoms with Crippen LogP contribution in [0.5, 0.6) is 0 Å². The molecule has 2 unspecified atom stereocenters. The van der Waals surface area contributed by atoms with Crippen molar-refractivity contribution in [3.05, 3.63) is 35.9 Å². The molecule has 0 spiro atoms. The summed E-state index contributed by atoms with van der Waals surface area (Å²) in [7, 11) is 0. The van der Waals surface area contributed by atoms with Crippen LogP contribution < -0.4 is 10.6 Å². The van der Waals surface area contributed by atoms with Gasteiger partial charge in [-0.15, -0.1) is 24.0 Å². The highest BCUT2D eigenvalue weighted by molar-refractivity contribution is 14.0. The van der Waals surface area contributed by atoms with E-state index in [9.17, 15) is 0 Å². The van der Waals surface area contributed by atoms with Gasteiger partial charge < -0.3 is 10.6 Å². The number of nitrogens with one attached hydrogen (secondary N) is 2. The smallest absolute Gasteiger partial charge is 0.191 e. The van der Waals surface area contributed by atoms with E-state index in [-0.39, 0.29) is 24.0 Å². The van der Waals surface area contributed by atoms with Gasteiger partial charge in [-0.05, 0) is 50.7 Å². The molecule has 0 amide bonds. The van der Waals surface area contributed by atoms with Gasteiger partial charge in [0.1, 0.15) is 0 Å². The fourth-order valence-corrected chi connectivity index (χ4v) is 3.74.